The van der Waals surface area contributed by atoms with Gasteiger partial charge in [0.1, 0.15) is 10.4 Å². The van der Waals surface area contributed by atoms with Gasteiger partial charge in [0.2, 0.25) is 0 Å². The summed E-state index contributed by atoms with van der Waals surface area (Å²) in [5.41, 5.74) is 5.43. The van der Waals surface area contributed by atoms with Gasteiger partial charge in [-0.3, -0.25) is 0 Å². The highest BCUT2D eigenvalue weighted by molar-refractivity contribution is 7.19. The number of anilines is 1. The zero-order valence-corrected chi connectivity index (χ0v) is 5.83. The lowest BCUT2D eigenvalue weighted by atomic mass is 10.6. The Morgan fingerprint density at radius 3 is 2.67 bits per heavy atom. The molecule has 0 fully saturated rings. The van der Waals surface area contributed by atoms with Crippen molar-refractivity contribution in [3.63, 3.8) is 0 Å². The third kappa shape index (κ3) is 1.12. The molecule has 0 saturated carbocycles. The first-order valence-electron chi connectivity index (χ1n) is 2.06. The molecule has 1 aromatic heterocycles. The molecule has 3 nitrogen and oxygen atoms in total. The summed E-state index contributed by atoms with van der Waals surface area (Å²) < 4.78 is 0.356. The highest BCUT2D eigenvalue weighted by Gasteiger charge is 2.03. The third-order valence-corrected chi connectivity index (χ3v) is 1.79. The maximum Gasteiger partial charge on any atom is 0.182 e. The summed E-state index contributed by atoms with van der Waals surface area (Å²) in [6.45, 7) is 0. The molecular weight excluding hydrogens is 158 g/mol. The van der Waals surface area contributed by atoms with Crippen LogP contribution in [0.25, 0.3) is 0 Å². The van der Waals surface area contributed by atoms with Gasteiger partial charge in [0, 0.05) is 0 Å². The van der Waals surface area contributed by atoms with E-state index in [4.69, 9.17) is 22.6 Å². The molecule has 5 heteroatoms. The van der Waals surface area contributed by atoms with Gasteiger partial charge in [0.25, 0.3) is 0 Å². The van der Waals surface area contributed by atoms with Crippen molar-refractivity contribution >= 4 is 28.1 Å². The topological polar surface area (TPSA) is 62.7 Å². The van der Waals surface area contributed by atoms with Gasteiger partial charge in [0.05, 0.1) is 0 Å². The Balaban J connectivity index is 3.20. The van der Waals surface area contributed by atoms with Crippen LogP contribution in [0, 0.1) is 11.3 Å². The fourth-order valence-electron chi connectivity index (χ4n) is 0.386. The van der Waals surface area contributed by atoms with Crippen molar-refractivity contribution in [2.75, 3.05) is 5.73 Å². The molecule has 1 rings (SSSR count). The molecule has 0 aliphatic rings. The number of halogens is 1. The molecular formula is C4H2ClN3S. The summed E-state index contributed by atoms with van der Waals surface area (Å²) in [5, 5.41) is 8.62. The molecule has 0 amide bonds. The molecule has 1 heterocycles. The standard InChI is InChI=1S/C4H2ClN3S/c5-3-2(1-6)8-4(7)9-3/h(H2,7,8). The molecule has 0 aliphatic carbocycles. The van der Waals surface area contributed by atoms with Gasteiger partial charge >= 0.3 is 0 Å². The second-order valence-electron chi connectivity index (χ2n) is 1.29. The summed E-state index contributed by atoms with van der Waals surface area (Å²) in [5.74, 6) is 0. The van der Waals surface area contributed by atoms with Crippen molar-refractivity contribution < 1.29 is 0 Å². The summed E-state index contributed by atoms with van der Waals surface area (Å²) in [7, 11) is 0. The van der Waals surface area contributed by atoms with Crippen LogP contribution < -0.4 is 5.73 Å². The van der Waals surface area contributed by atoms with Gasteiger partial charge in [-0.1, -0.05) is 22.9 Å². The monoisotopic (exact) mass is 159 g/mol. The Bertz CT molecular complexity index is 261. The van der Waals surface area contributed by atoms with Crippen molar-refractivity contribution in [2.45, 2.75) is 0 Å². The molecule has 0 atom stereocenters. The van der Waals surface area contributed by atoms with Crippen molar-refractivity contribution in [2.24, 2.45) is 0 Å². The second kappa shape index (κ2) is 2.21. The fourth-order valence-corrected chi connectivity index (χ4v) is 1.22. The van der Waals surface area contributed by atoms with E-state index in [1.807, 2.05) is 0 Å². The molecule has 0 radical (unpaired) electrons. The number of aromatic nitrogens is 1. The molecule has 1 aromatic rings. The van der Waals surface area contributed by atoms with Crippen LogP contribution in [-0.4, -0.2) is 4.98 Å². The zero-order chi connectivity index (χ0) is 6.85. The lowest BCUT2D eigenvalue weighted by Crippen LogP contribution is -1.81. The van der Waals surface area contributed by atoms with Gasteiger partial charge in [-0.05, 0) is 0 Å². The van der Waals surface area contributed by atoms with E-state index in [1.165, 1.54) is 0 Å². The van der Waals surface area contributed by atoms with Crippen LogP contribution in [0.2, 0.25) is 4.34 Å². The minimum absolute atomic E-state index is 0.208. The Kier molecular flexibility index (Phi) is 1.56. The van der Waals surface area contributed by atoms with Crippen LogP contribution in [-0.2, 0) is 0 Å². The summed E-state index contributed by atoms with van der Waals surface area (Å²) in [4.78, 5) is 3.63. The lowest BCUT2D eigenvalue weighted by Gasteiger charge is -1.71. The van der Waals surface area contributed by atoms with Gasteiger partial charge in [-0.2, -0.15) is 5.26 Å². The van der Waals surface area contributed by atoms with E-state index in [0.29, 0.717) is 9.47 Å². The highest BCUT2D eigenvalue weighted by atomic mass is 35.5. The van der Waals surface area contributed by atoms with E-state index in [9.17, 15) is 0 Å². The second-order valence-corrected chi connectivity index (χ2v) is 2.92. The van der Waals surface area contributed by atoms with E-state index in [-0.39, 0.29) is 5.69 Å². The number of thiazole rings is 1. The maximum atomic E-state index is 8.29. The number of nitrogen functional groups attached to an aromatic ring is 1. The van der Waals surface area contributed by atoms with Crippen LogP contribution in [0.3, 0.4) is 0 Å². The highest BCUT2D eigenvalue weighted by Crippen LogP contribution is 2.24. The molecule has 0 spiro atoms. The quantitative estimate of drug-likeness (QED) is 0.620. The molecule has 0 aromatic carbocycles. The molecule has 0 saturated heterocycles. The van der Waals surface area contributed by atoms with Crippen molar-refractivity contribution in [3.05, 3.63) is 10.0 Å². The average Bonchev–Trinajstić information content (AvgIpc) is 2.10. The number of hydrogen-bond acceptors (Lipinski definition) is 4. The Morgan fingerprint density at radius 1 is 1.78 bits per heavy atom. The maximum absolute atomic E-state index is 8.29. The lowest BCUT2D eigenvalue weighted by molar-refractivity contribution is 1.34. The summed E-state index contributed by atoms with van der Waals surface area (Å²) in [6, 6.07) is 1.80. The number of nitriles is 1. The number of nitrogens with zero attached hydrogens (tertiary/aromatic N) is 2. The van der Waals surface area contributed by atoms with E-state index in [2.05, 4.69) is 4.98 Å². The van der Waals surface area contributed by atoms with E-state index in [1.54, 1.807) is 6.07 Å². The Hall–Kier alpha value is -0.790. The van der Waals surface area contributed by atoms with Crippen LogP contribution in [0.1, 0.15) is 5.69 Å². The smallest absolute Gasteiger partial charge is 0.182 e. The molecule has 2 N–H and O–H groups in total. The predicted octanol–water partition coefficient (Wildman–Crippen LogP) is 1.25. The van der Waals surface area contributed by atoms with Gasteiger partial charge < -0.3 is 5.73 Å². The number of hydrogen-bond donors (Lipinski definition) is 1. The number of nitrogens with two attached hydrogens (primary N) is 1. The van der Waals surface area contributed by atoms with Crippen molar-refractivity contribution in [1.29, 1.82) is 5.26 Å². The van der Waals surface area contributed by atoms with Crippen molar-refractivity contribution in [1.82, 2.24) is 4.98 Å². The predicted molar refractivity (Wildman–Crippen MR) is 36.3 cm³/mol. The largest absolute Gasteiger partial charge is 0.375 e. The van der Waals surface area contributed by atoms with E-state index in [0.717, 1.165) is 11.3 Å². The first-order valence-corrected chi connectivity index (χ1v) is 3.25. The fraction of sp³-hybridized carbons (Fsp3) is 0. The summed E-state index contributed by atoms with van der Waals surface area (Å²) in [6.07, 6.45) is 0. The van der Waals surface area contributed by atoms with Gasteiger partial charge in [-0.15, -0.1) is 0 Å². The van der Waals surface area contributed by atoms with Crippen LogP contribution in [0.4, 0.5) is 5.13 Å². The minimum atomic E-state index is 0.208. The van der Waals surface area contributed by atoms with Gasteiger partial charge in [-0.25, -0.2) is 4.98 Å². The molecule has 9 heavy (non-hydrogen) atoms. The molecule has 0 aliphatic heterocycles. The van der Waals surface area contributed by atoms with Crippen LogP contribution in [0.5, 0.6) is 0 Å². The first kappa shape index (κ1) is 6.33. The minimum Gasteiger partial charge on any atom is -0.375 e. The third-order valence-electron chi connectivity index (χ3n) is 0.708. The van der Waals surface area contributed by atoms with Gasteiger partial charge in [0.15, 0.2) is 10.8 Å². The zero-order valence-electron chi connectivity index (χ0n) is 4.26. The Labute approximate surface area is 60.7 Å². The van der Waals surface area contributed by atoms with Crippen molar-refractivity contribution in [3.8, 4) is 6.07 Å². The van der Waals surface area contributed by atoms with E-state index >= 15 is 0 Å². The van der Waals surface area contributed by atoms with Crippen LogP contribution >= 0.6 is 22.9 Å². The number of rotatable bonds is 0. The average molecular weight is 160 g/mol. The van der Waals surface area contributed by atoms with E-state index < -0.39 is 0 Å². The Morgan fingerprint density at radius 2 is 2.44 bits per heavy atom. The summed E-state index contributed by atoms with van der Waals surface area (Å²) >= 11 is 6.60. The normalized spacial score (nSPS) is 8.89. The SMILES string of the molecule is N#Cc1nc(N)sc1Cl. The van der Waals surface area contributed by atoms with Crippen LogP contribution in [0.15, 0.2) is 0 Å². The molecule has 0 unspecified atom stereocenters. The molecule has 46 valence electrons. The first-order chi connectivity index (χ1) is 4.24. The molecule has 0 bridgehead atoms.